The third-order valence-corrected chi connectivity index (χ3v) is 3.54. The molecular weight excluding hydrogens is 246 g/mol. The minimum Gasteiger partial charge on any atom is -0.313 e. The van der Waals surface area contributed by atoms with Gasteiger partial charge in [0.15, 0.2) is 0 Å². The average Bonchev–Trinajstić information content (AvgIpc) is 2.80. The van der Waals surface area contributed by atoms with Crippen molar-refractivity contribution in [2.45, 2.75) is 78.8 Å². The summed E-state index contributed by atoms with van der Waals surface area (Å²) in [6.07, 6.45) is 10.9. The molecule has 0 radical (unpaired) electrons. The molecule has 116 valence electrons. The normalized spacial score (nSPS) is 12.3. The highest BCUT2D eigenvalue weighted by atomic mass is 15.3. The molecule has 0 aliphatic rings. The fraction of sp³-hybridized carbons (Fsp3) is 0.824. The SMILES string of the molecule is CC(C)CCCCCCNCc1cnn(C(C)(C)C)c1. The van der Waals surface area contributed by atoms with Gasteiger partial charge in [0.1, 0.15) is 0 Å². The van der Waals surface area contributed by atoms with Crippen molar-refractivity contribution in [2.75, 3.05) is 6.54 Å². The molecule has 0 aliphatic heterocycles. The quantitative estimate of drug-likeness (QED) is 0.682. The van der Waals surface area contributed by atoms with Crippen LogP contribution in [0.2, 0.25) is 0 Å². The van der Waals surface area contributed by atoms with Crippen molar-refractivity contribution in [3.05, 3.63) is 18.0 Å². The van der Waals surface area contributed by atoms with Crippen molar-refractivity contribution in [3.63, 3.8) is 0 Å². The van der Waals surface area contributed by atoms with Gasteiger partial charge in [0, 0.05) is 18.3 Å². The molecule has 0 atom stereocenters. The second-order valence-corrected chi connectivity index (χ2v) is 7.24. The first-order valence-corrected chi connectivity index (χ1v) is 8.14. The van der Waals surface area contributed by atoms with E-state index in [1.54, 1.807) is 0 Å². The highest BCUT2D eigenvalue weighted by Crippen LogP contribution is 2.13. The average molecular weight is 279 g/mol. The van der Waals surface area contributed by atoms with Gasteiger partial charge in [-0.15, -0.1) is 0 Å². The lowest BCUT2D eigenvalue weighted by molar-refractivity contribution is 0.355. The molecule has 0 amide bonds. The van der Waals surface area contributed by atoms with Crippen LogP contribution >= 0.6 is 0 Å². The lowest BCUT2D eigenvalue weighted by Gasteiger charge is -2.18. The summed E-state index contributed by atoms with van der Waals surface area (Å²) in [6, 6.07) is 0. The van der Waals surface area contributed by atoms with Crippen LogP contribution in [0.25, 0.3) is 0 Å². The van der Waals surface area contributed by atoms with E-state index in [0.717, 1.165) is 19.0 Å². The van der Waals surface area contributed by atoms with Crippen molar-refractivity contribution in [2.24, 2.45) is 5.92 Å². The lowest BCUT2D eigenvalue weighted by Crippen LogP contribution is -2.22. The zero-order chi connectivity index (χ0) is 15.0. The Balaban J connectivity index is 2.06. The van der Waals surface area contributed by atoms with Crippen LogP contribution < -0.4 is 5.32 Å². The molecule has 1 heterocycles. The number of nitrogens with one attached hydrogen (secondary N) is 1. The van der Waals surface area contributed by atoms with E-state index in [-0.39, 0.29) is 5.54 Å². The van der Waals surface area contributed by atoms with Crippen LogP contribution in [0, 0.1) is 5.92 Å². The monoisotopic (exact) mass is 279 g/mol. The summed E-state index contributed by atoms with van der Waals surface area (Å²) in [6.45, 7) is 13.2. The number of unbranched alkanes of at least 4 members (excludes halogenated alkanes) is 3. The van der Waals surface area contributed by atoms with Crippen LogP contribution in [0.4, 0.5) is 0 Å². The molecule has 0 fully saturated rings. The molecule has 3 nitrogen and oxygen atoms in total. The smallest absolute Gasteiger partial charge is 0.0543 e. The molecule has 0 saturated carbocycles. The summed E-state index contributed by atoms with van der Waals surface area (Å²) in [4.78, 5) is 0. The maximum atomic E-state index is 4.42. The van der Waals surface area contributed by atoms with E-state index in [2.05, 4.69) is 51.2 Å². The Kier molecular flexibility index (Phi) is 7.28. The predicted molar refractivity (Wildman–Crippen MR) is 86.9 cm³/mol. The maximum absolute atomic E-state index is 4.42. The van der Waals surface area contributed by atoms with Crippen molar-refractivity contribution in [1.82, 2.24) is 15.1 Å². The van der Waals surface area contributed by atoms with Crippen molar-refractivity contribution in [1.29, 1.82) is 0 Å². The van der Waals surface area contributed by atoms with Gasteiger partial charge in [0.2, 0.25) is 0 Å². The van der Waals surface area contributed by atoms with E-state index < -0.39 is 0 Å². The zero-order valence-electron chi connectivity index (χ0n) is 14.1. The number of rotatable bonds is 9. The molecule has 1 aromatic heterocycles. The predicted octanol–water partition coefficient (Wildman–Crippen LogP) is 4.33. The van der Waals surface area contributed by atoms with E-state index in [4.69, 9.17) is 0 Å². The molecule has 0 unspecified atom stereocenters. The first-order chi connectivity index (χ1) is 9.39. The molecule has 0 aromatic carbocycles. The number of aromatic nitrogens is 2. The van der Waals surface area contributed by atoms with E-state index in [0.29, 0.717) is 0 Å². The summed E-state index contributed by atoms with van der Waals surface area (Å²) in [5.41, 5.74) is 1.36. The van der Waals surface area contributed by atoms with Gasteiger partial charge in [-0.05, 0) is 39.7 Å². The first kappa shape index (κ1) is 17.2. The van der Waals surface area contributed by atoms with E-state index >= 15 is 0 Å². The number of hydrogen-bond donors (Lipinski definition) is 1. The molecule has 0 aliphatic carbocycles. The van der Waals surface area contributed by atoms with Crippen LogP contribution in [-0.2, 0) is 12.1 Å². The summed E-state index contributed by atoms with van der Waals surface area (Å²) in [5, 5.41) is 7.93. The third-order valence-electron chi connectivity index (χ3n) is 3.54. The summed E-state index contributed by atoms with van der Waals surface area (Å²) < 4.78 is 2.04. The van der Waals surface area contributed by atoms with Gasteiger partial charge in [0.25, 0.3) is 0 Å². The highest BCUT2D eigenvalue weighted by molar-refractivity contribution is 5.04. The molecular formula is C17H33N3. The standard InChI is InChI=1S/C17H33N3/c1-15(2)10-8-6-7-9-11-18-12-16-13-19-20(14-16)17(3,4)5/h13-15,18H,6-12H2,1-5H3. The van der Waals surface area contributed by atoms with Crippen molar-refractivity contribution >= 4 is 0 Å². The van der Waals surface area contributed by atoms with Crippen LogP contribution in [-0.4, -0.2) is 16.3 Å². The summed E-state index contributed by atoms with van der Waals surface area (Å²) in [5.74, 6) is 0.854. The number of nitrogens with zero attached hydrogens (tertiary/aromatic N) is 2. The van der Waals surface area contributed by atoms with Crippen molar-refractivity contribution < 1.29 is 0 Å². The lowest BCUT2D eigenvalue weighted by atomic mass is 10.0. The van der Waals surface area contributed by atoms with Gasteiger partial charge in [-0.2, -0.15) is 5.10 Å². The molecule has 3 heteroatoms. The van der Waals surface area contributed by atoms with E-state index in [1.165, 1.54) is 37.7 Å². The Labute approximate surface area is 125 Å². The molecule has 0 spiro atoms. The molecule has 1 rings (SSSR count). The minimum atomic E-state index is 0.0780. The Morgan fingerprint density at radius 1 is 1.15 bits per heavy atom. The fourth-order valence-electron chi connectivity index (χ4n) is 2.21. The van der Waals surface area contributed by atoms with Crippen molar-refractivity contribution in [3.8, 4) is 0 Å². The van der Waals surface area contributed by atoms with Crippen LogP contribution in [0.1, 0.15) is 72.3 Å². The second kappa shape index (κ2) is 8.46. The second-order valence-electron chi connectivity index (χ2n) is 7.24. The highest BCUT2D eigenvalue weighted by Gasteiger charge is 2.13. The largest absolute Gasteiger partial charge is 0.313 e. The van der Waals surface area contributed by atoms with Gasteiger partial charge in [0.05, 0.1) is 11.7 Å². The van der Waals surface area contributed by atoms with Crippen LogP contribution in [0.3, 0.4) is 0 Å². The summed E-state index contributed by atoms with van der Waals surface area (Å²) in [7, 11) is 0. The maximum Gasteiger partial charge on any atom is 0.0543 e. The van der Waals surface area contributed by atoms with Crippen LogP contribution in [0.5, 0.6) is 0 Å². The third kappa shape index (κ3) is 7.09. The fourth-order valence-corrected chi connectivity index (χ4v) is 2.21. The topological polar surface area (TPSA) is 29.9 Å². The molecule has 20 heavy (non-hydrogen) atoms. The van der Waals surface area contributed by atoms with Gasteiger partial charge >= 0.3 is 0 Å². The van der Waals surface area contributed by atoms with Gasteiger partial charge in [-0.3, -0.25) is 4.68 Å². The van der Waals surface area contributed by atoms with Crippen LogP contribution in [0.15, 0.2) is 12.4 Å². The minimum absolute atomic E-state index is 0.0780. The zero-order valence-corrected chi connectivity index (χ0v) is 14.1. The van der Waals surface area contributed by atoms with E-state index in [9.17, 15) is 0 Å². The van der Waals surface area contributed by atoms with Gasteiger partial charge < -0.3 is 5.32 Å². The molecule has 1 aromatic rings. The Morgan fingerprint density at radius 3 is 2.45 bits per heavy atom. The summed E-state index contributed by atoms with van der Waals surface area (Å²) >= 11 is 0. The molecule has 1 N–H and O–H groups in total. The van der Waals surface area contributed by atoms with Gasteiger partial charge in [-0.25, -0.2) is 0 Å². The van der Waals surface area contributed by atoms with E-state index in [1.807, 2.05) is 10.9 Å². The first-order valence-electron chi connectivity index (χ1n) is 8.14. The number of hydrogen-bond acceptors (Lipinski definition) is 2. The molecule has 0 bridgehead atoms. The Morgan fingerprint density at radius 2 is 1.85 bits per heavy atom. The molecule has 0 saturated heterocycles. The Bertz CT molecular complexity index is 361. The van der Waals surface area contributed by atoms with Gasteiger partial charge in [-0.1, -0.05) is 39.5 Å². The Hall–Kier alpha value is -0.830.